The van der Waals surface area contributed by atoms with Crippen LogP contribution in [0.2, 0.25) is 5.02 Å². The number of carbonyl (C=O) groups excluding carboxylic acids is 1. The van der Waals surface area contributed by atoms with Crippen molar-refractivity contribution in [1.29, 1.82) is 0 Å². The number of carbonyl (C=O) groups is 1. The van der Waals surface area contributed by atoms with Gasteiger partial charge in [0.1, 0.15) is 5.69 Å². The fourth-order valence-electron chi connectivity index (χ4n) is 2.18. The predicted molar refractivity (Wildman–Crippen MR) is 77.8 cm³/mol. The van der Waals surface area contributed by atoms with Gasteiger partial charge in [-0.2, -0.15) is 0 Å². The number of pyridine rings is 1. The lowest BCUT2D eigenvalue weighted by Crippen LogP contribution is -2.33. The Morgan fingerprint density at radius 3 is 2.95 bits per heavy atom. The second-order valence-corrected chi connectivity index (χ2v) is 5.53. The smallest absolute Gasteiger partial charge is 0.270 e. The number of fused-ring (bicyclic) bond motifs is 1. The van der Waals surface area contributed by atoms with E-state index in [1.165, 1.54) is 0 Å². The van der Waals surface area contributed by atoms with Gasteiger partial charge >= 0.3 is 0 Å². The molecule has 20 heavy (non-hydrogen) atoms. The molecule has 1 amide bonds. The molecule has 1 fully saturated rings. The van der Waals surface area contributed by atoms with Crippen LogP contribution in [-0.2, 0) is 0 Å². The molecule has 0 spiro atoms. The molecule has 0 saturated heterocycles. The Balaban J connectivity index is 1.77. The summed E-state index contributed by atoms with van der Waals surface area (Å²) in [6, 6.07) is 8.97. The minimum atomic E-state index is -0.463. The maximum atomic E-state index is 12.0. The van der Waals surface area contributed by atoms with Gasteiger partial charge in [0.05, 0.1) is 16.6 Å². The highest BCUT2D eigenvalue weighted by molar-refractivity contribution is 6.35. The average Bonchev–Trinajstić information content (AvgIpc) is 3.29. The molecule has 1 unspecified atom stereocenters. The van der Waals surface area contributed by atoms with Gasteiger partial charge in [-0.1, -0.05) is 29.8 Å². The number of benzene rings is 1. The van der Waals surface area contributed by atoms with Gasteiger partial charge in [-0.05, 0) is 30.9 Å². The molecular weight excluding hydrogens is 276 g/mol. The first-order chi connectivity index (χ1) is 9.65. The molecule has 5 heteroatoms. The molecule has 0 aliphatic heterocycles. The van der Waals surface area contributed by atoms with Crippen molar-refractivity contribution in [1.82, 2.24) is 10.3 Å². The summed E-state index contributed by atoms with van der Waals surface area (Å²) in [4.78, 5) is 16.3. The molecule has 1 atom stereocenters. The molecule has 1 aliphatic rings. The normalized spacial score (nSPS) is 16.1. The third-order valence-electron chi connectivity index (χ3n) is 3.54. The van der Waals surface area contributed by atoms with Crippen LogP contribution in [0, 0.1) is 5.92 Å². The van der Waals surface area contributed by atoms with Crippen molar-refractivity contribution in [2.75, 3.05) is 6.54 Å². The minimum absolute atomic E-state index is 0.260. The summed E-state index contributed by atoms with van der Waals surface area (Å²) in [6.07, 6.45) is 1.61. The Morgan fingerprint density at radius 2 is 2.20 bits per heavy atom. The van der Waals surface area contributed by atoms with E-state index in [1.54, 1.807) is 6.07 Å². The summed E-state index contributed by atoms with van der Waals surface area (Å²) in [6.45, 7) is 0.260. The van der Waals surface area contributed by atoms with Crippen LogP contribution in [0.15, 0.2) is 30.3 Å². The summed E-state index contributed by atoms with van der Waals surface area (Å²) in [7, 11) is 0. The van der Waals surface area contributed by atoms with Gasteiger partial charge in [0.25, 0.3) is 5.91 Å². The summed E-state index contributed by atoms with van der Waals surface area (Å²) >= 11 is 6.16. The van der Waals surface area contributed by atoms with Gasteiger partial charge in [-0.15, -0.1) is 0 Å². The molecule has 2 aromatic rings. The highest BCUT2D eigenvalue weighted by Gasteiger charge is 2.29. The number of nitrogens with one attached hydrogen (secondary N) is 1. The molecule has 1 aromatic carbocycles. The third-order valence-corrected chi connectivity index (χ3v) is 3.85. The zero-order valence-electron chi connectivity index (χ0n) is 10.8. The number of rotatable bonds is 4. The van der Waals surface area contributed by atoms with Gasteiger partial charge in [0, 0.05) is 11.9 Å². The quantitative estimate of drug-likeness (QED) is 0.909. The summed E-state index contributed by atoms with van der Waals surface area (Å²) in [5.41, 5.74) is 0.963. The van der Waals surface area contributed by atoms with E-state index in [-0.39, 0.29) is 18.1 Å². The van der Waals surface area contributed by atoms with Crippen LogP contribution < -0.4 is 5.32 Å². The average molecular weight is 291 g/mol. The van der Waals surface area contributed by atoms with E-state index in [4.69, 9.17) is 11.6 Å². The van der Waals surface area contributed by atoms with Crippen molar-refractivity contribution < 1.29 is 9.90 Å². The van der Waals surface area contributed by atoms with Crippen LogP contribution in [0.5, 0.6) is 0 Å². The number of hydrogen-bond donors (Lipinski definition) is 2. The largest absolute Gasteiger partial charge is 0.391 e. The van der Waals surface area contributed by atoms with Crippen LogP contribution in [0.1, 0.15) is 23.3 Å². The van der Waals surface area contributed by atoms with Gasteiger partial charge in [0.15, 0.2) is 0 Å². The number of para-hydroxylation sites is 1. The van der Waals surface area contributed by atoms with Crippen molar-refractivity contribution in [3.05, 3.63) is 41.0 Å². The van der Waals surface area contributed by atoms with Crippen LogP contribution in [0.25, 0.3) is 10.9 Å². The Labute approximate surface area is 121 Å². The van der Waals surface area contributed by atoms with Gasteiger partial charge < -0.3 is 10.4 Å². The molecule has 1 aliphatic carbocycles. The molecular formula is C15H15ClN2O2. The van der Waals surface area contributed by atoms with Crippen molar-refractivity contribution >= 4 is 28.4 Å². The van der Waals surface area contributed by atoms with E-state index in [0.29, 0.717) is 16.5 Å². The Morgan fingerprint density at radius 1 is 1.45 bits per heavy atom. The van der Waals surface area contributed by atoms with Crippen molar-refractivity contribution in [2.24, 2.45) is 5.92 Å². The van der Waals surface area contributed by atoms with E-state index >= 15 is 0 Å². The number of aliphatic hydroxyl groups excluding tert-OH is 1. The summed E-state index contributed by atoms with van der Waals surface area (Å²) < 4.78 is 0. The first kappa shape index (κ1) is 13.3. The van der Waals surface area contributed by atoms with Gasteiger partial charge in [-0.3, -0.25) is 4.79 Å². The number of nitrogens with zero attached hydrogens (tertiary/aromatic N) is 1. The highest BCUT2D eigenvalue weighted by atomic mass is 35.5. The van der Waals surface area contributed by atoms with E-state index < -0.39 is 6.10 Å². The Bertz CT molecular complexity index is 655. The number of aromatic nitrogens is 1. The second-order valence-electron chi connectivity index (χ2n) is 5.12. The summed E-state index contributed by atoms with van der Waals surface area (Å²) in [5.74, 6) is 0.0285. The van der Waals surface area contributed by atoms with E-state index in [9.17, 15) is 9.90 Å². The molecule has 0 bridgehead atoms. The minimum Gasteiger partial charge on any atom is -0.391 e. The van der Waals surface area contributed by atoms with Crippen LogP contribution in [-0.4, -0.2) is 28.6 Å². The molecule has 2 N–H and O–H groups in total. The van der Waals surface area contributed by atoms with Crippen molar-refractivity contribution in [3.8, 4) is 0 Å². The van der Waals surface area contributed by atoms with Crippen LogP contribution in [0.3, 0.4) is 0 Å². The molecule has 104 valence electrons. The summed E-state index contributed by atoms with van der Waals surface area (Å²) in [5, 5.41) is 13.8. The molecule has 3 rings (SSSR count). The van der Waals surface area contributed by atoms with Crippen LogP contribution >= 0.6 is 11.6 Å². The Kier molecular flexibility index (Phi) is 3.59. The lowest BCUT2D eigenvalue weighted by atomic mass is 10.2. The molecule has 1 aromatic heterocycles. The maximum absolute atomic E-state index is 12.0. The SMILES string of the molecule is O=C(NCC(O)C1CC1)c1cc(Cl)c2ccccc2n1. The zero-order chi connectivity index (χ0) is 14.1. The highest BCUT2D eigenvalue weighted by Crippen LogP contribution is 2.32. The lowest BCUT2D eigenvalue weighted by molar-refractivity contribution is 0.0896. The number of aliphatic hydroxyl groups is 1. The standard InChI is InChI=1S/C15H15ClN2O2/c16-11-7-13(18-12-4-2-1-3-10(11)12)15(20)17-8-14(19)9-5-6-9/h1-4,7,9,14,19H,5-6,8H2,(H,17,20). The Hall–Kier alpha value is -1.65. The number of halogens is 1. The third kappa shape index (κ3) is 2.76. The zero-order valence-corrected chi connectivity index (χ0v) is 11.6. The molecule has 1 heterocycles. The van der Waals surface area contributed by atoms with E-state index in [1.807, 2.05) is 24.3 Å². The topological polar surface area (TPSA) is 62.2 Å². The van der Waals surface area contributed by atoms with E-state index in [0.717, 1.165) is 18.2 Å². The van der Waals surface area contributed by atoms with Gasteiger partial charge in [-0.25, -0.2) is 4.98 Å². The van der Waals surface area contributed by atoms with Crippen LogP contribution in [0.4, 0.5) is 0 Å². The van der Waals surface area contributed by atoms with E-state index in [2.05, 4.69) is 10.3 Å². The molecule has 0 radical (unpaired) electrons. The lowest BCUT2D eigenvalue weighted by Gasteiger charge is -2.11. The fourth-order valence-corrected chi connectivity index (χ4v) is 2.45. The maximum Gasteiger partial charge on any atom is 0.270 e. The number of amides is 1. The molecule has 4 nitrogen and oxygen atoms in total. The molecule has 1 saturated carbocycles. The monoisotopic (exact) mass is 290 g/mol. The fraction of sp³-hybridized carbons (Fsp3) is 0.333. The van der Waals surface area contributed by atoms with Crippen molar-refractivity contribution in [2.45, 2.75) is 18.9 Å². The predicted octanol–water partition coefficient (Wildman–Crippen LogP) is 2.39. The first-order valence-corrected chi connectivity index (χ1v) is 7.04. The van der Waals surface area contributed by atoms with Crippen molar-refractivity contribution in [3.63, 3.8) is 0 Å². The first-order valence-electron chi connectivity index (χ1n) is 6.66. The number of hydrogen-bond acceptors (Lipinski definition) is 3. The second kappa shape index (κ2) is 5.38. The van der Waals surface area contributed by atoms with Gasteiger partial charge in [0.2, 0.25) is 0 Å².